The standard InChI is InChI=1S/C18H28N2O2/c1-11(2)17-9-15(19-21-17)13(5)7-8-14(6)16-10-18(12(3)4)22-20-16/h9-14H,7-8H2,1-6H3. The largest absolute Gasteiger partial charge is 0.361 e. The summed E-state index contributed by atoms with van der Waals surface area (Å²) in [7, 11) is 0. The van der Waals surface area contributed by atoms with Crippen molar-refractivity contribution < 1.29 is 9.05 Å². The predicted octanol–water partition coefficient (Wildman–Crippen LogP) is 5.60. The second kappa shape index (κ2) is 7.12. The molecule has 0 aliphatic heterocycles. The molecule has 4 heteroatoms. The van der Waals surface area contributed by atoms with Gasteiger partial charge in [0, 0.05) is 35.8 Å². The van der Waals surface area contributed by atoms with Crippen LogP contribution in [0.25, 0.3) is 0 Å². The van der Waals surface area contributed by atoms with E-state index in [1.54, 1.807) is 0 Å². The van der Waals surface area contributed by atoms with Crippen molar-refractivity contribution in [2.75, 3.05) is 0 Å². The minimum Gasteiger partial charge on any atom is -0.361 e. The van der Waals surface area contributed by atoms with Gasteiger partial charge in [0.05, 0.1) is 11.4 Å². The maximum atomic E-state index is 5.39. The van der Waals surface area contributed by atoms with Gasteiger partial charge in [-0.2, -0.15) is 0 Å². The number of rotatable bonds is 7. The third kappa shape index (κ3) is 3.99. The Morgan fingerprint density at radius 2 is 1.09 bits per heavy atom. The van der Waals surface area contributed by atoms with E-state index in [1.807, 2.05) is 0 Å². The maximum absolute atomic E-state index is 5.39. The Hall–Kier alpha value is -1.58. The molecule has 122 valence electrons. The summed E-state index contributed by atoms with van der Waals surface area (Å²) in [5.41, 5.74) is 2.11. The molecule has 0 N–H and O–H groups in total. The van der Waals surface area contributed by atoms with Crippen LogP contribution in [-0.2, 0) is 0 Å². The van der Waals surface area contributed by atoms with E-state index >= 15 is 0 Å². The molecule has 22 heavy (non-hydrogen) atoms. The fourth-order valence-corrected chi connectivity index (χ4v) is 2.41. The summed E-state index contributed by atoms with van der Waals surface area (Å²) in [5, 5.41) is 8.41. The van der Waals surface area contributed by atoms with E-state index in [0.29, 0.717) is 23.7 Å². The SMILES string of the molecule is CC(C)c1cc(C(C)CCC(C)c2cc(C(C)C)on2)no1. The first kappa shape index (κ1) is 16.8. The minimum absolute atomic E-state index is 0.386. The molecule has 2 aromatic heterocycles. The van der Waals surface area contributed by atoms with E-state index in [9.17, 15) is 0 Å². The third-order valence-electron chi connectivity index (χ3n) is 4.27. The van der Waals surface area contributed by atoms with Crippen LogP contribution in [0.3, 0.4) is 0 Å². The van der Waals surface area contributed by atoms with Gasteiger partial charge in [-0.15, -0.1) is 0 Å². The van der Waals surface area contributed by atoms with Crippen molar-refractivity contribution in [2.45, 2.75) is 78.1 Å². The van der Waals surface area contributed by atoms with Crippen molar-refractivity contribution in [2.24, 2.45) is 0 Å². The highest BCUT2D eigenvalue weighted by Gasteiger charge is 2.18. The van der Waals surface area contributed by atoms with Gasteiger partial charge in [-0.25, -0.2) is 0 Å². The molecule has 0 radical (unpaired) electrons. The van der Waals surface area contributed by atoms with E-state index < -0.39 is 0 Å². The van der Waals surface area contributed by atoms with E-state index in [2.05, 4.69) is 64.0 Å². The molecule has 0 aliphatic carbocycles. The van der Waals surface area contributed by atoms with Crippen LogP contribution in [0, 0.1) is 0 Å². The van der Waals surface area contributed by atoms with Gasteiger partial charge in [-0.05, 0) is 12.8 Å². The zero-order chi connectivity index (χ0) is 16.3. The average molecular weight is 304 g/mol. The molecular formula is C18H28N2O2. The molecular weight excluding hydrogens is 276 g/mol. The third-order valence-corrected chi connectivity index (χ3v) is 4.27. The highest BCUT2D eigenvalue weighted by atomic mass is 16.5. The first-order chi connectivity index (χ1) is 10.4. The molecule has 2 rings (SSSR count). The van der Waals surface area contributed by atoms with Crippen LogP contribution in [0.2, 0.25) is 0 Å². The van der Waals surface area contributed by atoms with Crippen LogP contribution in [0.5, 0.6) is 0 Å². The monoisotopic (exact) mass is 304 g/mol. The normalized spacial score (nSPS) is 14.7. The molecule has 0 bridgehead atoms. The highest BCUT2D eigenvalue weighted by Crippen LogP contribution is 2.29. The van der Waals surface area contributed by atoms with Crippen molar-refractivity contribution in [3.8, 4) is 0 Å². The van der Waals surface area contributed by atoms with Crippen LogP contribution in [0.1, 0.15) is 101 Å². The quantitative estimate of drug-likeness (QED) is 0.668. The average Bonchev–Trinajstić information content (AvgIpc) is 3.12. The van der Waals surface area contributed by atoms with Crippen molar-refractivity contribution >= 4 is 0 Å². The Labute approximate surface area is 133 Å². The van der Waals surface area contributed by atoms with Gasteiger partial charge >= 0.3 is 0 Å². The van der Waals surface area contributed by atoms with Crippen LogP contribution in [0.15, 0.2) is 21.2 Å². The minimum atomic E-state index is 0.386. The van der Waals surface area contributed by atoms with Gasteiger partial charge in [0.15, 0.2) is 0 Å². The van der Waals surface area contributed by atoms with Gasteiger partial charge < -0.3 is 9.05 Å². The second-order valence-corrected chi connectivity index (χ2v) is 7.00. The molecule has 2 atom stereocenters. The summed E-state index contributed by atoms with van der Waals surface area (Å²) < 4.78 is 10.8. The summed E-state index contributed by atoms with van der Waals surface area (Å²) in [6.45, 7) is 12.9. The van der Waals surface area contributed by atoms with E-state index in [-0.39, 0.29) is 0 Å². The maximum Gasteiger partial charge on any atom is 0.139 e. The van der Waals surface area contributed by atoms with E-state index in [1.165, 1.54) is 0 Å². The Balaban J connectivity index is 1.90. The number of aromatic nitrogens is 2. The van der Waals surface area contributed by atoms with Crippen LogP contribution < -0.4 is 0 Å². The zero-order valence-electron chi connectivity index (χ0n) is 14.6. The van der Waals surface area contributed by atoms with Crippen LogP contribution >= 0.6 is 0 Å². The number of hydrogen-bond acceptors (Lipinski definition) is 4. The topological polar surface area (TPSA) is 52.1 Å². The Bertz CT molecular complexity index is 531. The summed E-state index contributed by atoms with van der Waals surface area (Å²) in [6.07, 6.45) is 2.13. The smallest absolute Gasteiger partial charge is 0.139 e. The molecule has 0 amide bonds. The van der Waals surface area contributed by atoms with Crippen LogP contribution in [-0.4, -0.2) is 10.3 Å². The highest BCUT2D eigenvalue weighted by molar-refractivity contribution is 5.14. The number of nitrogens with zero attached hydrogens (tertiary/aromatic N) is 2. The van der Waals surface area contributed by atoms with Gasteiger partial charge in [0.2, 0.25) is 0 Å². The molecule has 0 aliphatic rings. The van der Waals surface area contributed by atoms with Crippen molar-refractivity contribution in [3.63, 3.8) is 0 Å². The number of hydrogen-bond donors (Lipinski definition) is 0. The molecule has 0 aromatic carbocycles. The molecule has 0 spiro atoms. The Morgan fingerprint density at radius 3 is 1.36 bits per heavy atom. The Morgan fingerprint density at radius 1 is 0.727 bits per heavy atom. The molecule has 0 fully saturated rings. The fourth-order valence-electron chi connectivity index (χ4n) is 2.41. The lowest BCUT2D eigenvalue weighted by atomic mass is 9.93. The lowest BCUT2D eigenvalue weighted by molar-refractivity contribution is 0.357. The van der Waals surface area contributed by atoms with Crippen molar-refractivity contribution in [3.05, 3.63) is 35.0 Å². The van der Waals surface area contributed by atoms with Crippen molar-refractivity contribution in [1.82, 2.24) is 10.3 Å². The summed E-state index contributed by atoms with van der Waals surface area (Å²) in [5.74, 6) is 3.50. The Kier molecular flexibility index (Phi) is 5.43. The fraction of sp³-hybridized carbons (Fsp3) is 0.667. The predicted molar refractivity (Wildman–Crippen MR) is 87.2 cm³/mol. The van der Waals surface area contributed by atoms with E-state index in [0.717, 1.165) is 35.7 Å². The zero-order valence-corrected chi connectivity index (χ0v) is 14.6. The second-order valence-electron chi connectivity index (χ2n) is 7.00. The van der Waals surface area contributed by atoms with Crippen LogP contribution in [0.4, 0.5) is 0 Å². The van der Waals surface area contributed by atoms with Crippen molar-refractivity contribution in [1.29, 1.82) is 0 Å². The van der Waals surface area contributed by atoms with Gasteiger partial charge in [-0.1, -0.05) is 51.9 Å². The van der Waals surface area contributed by atoms with Gasteiger partial charge in [-0.3, -0.25) is 0 Å². The summed E-state index contributed by atoms with van der Waals surface area (Å²) in [6, 6.07) is 4.18. The molecule has 2 heterocycles. The first-order valence-electron chi connectivity index (χ1n) is 8.31. The molecule has 0 saturated heterocycles. The molecule has 2 aromatic rings. The van der Waals surface area contributed by atoms with Gasteiger partial charge in [0.1, 0.15) is 11.5 Å². The summed E-state index contributed by atoms with van der Waals surface area (Å²) >= 11 is 0. The molecule has 2 unspecified atom stereocenters. The first-order valence-corrected chi connectivity index (χ1v) is 8.31. The summed E-state index contributed by atoms with van der Waals surface area (Å²) in [4.78, 5) is 0. The van der Waals surface area contributed by atoms with E-state index in [4.69, 9.17) is 9.05 Å². The van der Waals surface area contributed by atoms with Gasteiger partial charge in [0.25, 0.3) is 0 Å². The molecule has 0 saturated carbocycles. The lowest BCUT2D eigenvalue weighted by Gasteiger charge is -2.11. The lowest BCUT2D eigenvalue weighted by Crippen LogP contribution is -1.99. The molecule has 4 nitrogen and oxygen atoms in total.